The van der Waals surface area contributed by atoms with Gasteiger partial charge in [0.25, 0.3) is 0 Å². The molecule has 0 aromatic carbocycles. The Morgan fingerprint density at radius 1 is 1.25 bits per heavy atom. The topological polar surface area (TPSA) is 61.0 Å². The molecule has 0 aliphatic heterocycles. The van der Waals surface area contributed by atoms with Crippen molar-refractivity contribution in [3.8, 4) is 0 Å². The van der Waals surface area contributed by atoms with E-state index in [9.17, 15) is 0 Å². The highest BCUT2D eigenvalue weighted by molar-refractivity contribution is 5.44. The Hall–Kier alpha value is -1.16. The highest BCUT2D eigenvalue weighted by Gasteiger charge is 2.39. The SMILES string of the molecule is COC1(c2nc(C)c(C(C)C)c(N)n2)CCC(C)CC1. The number of aryl methyl sites for hydroxylation is 1. The van der Waals surface area contributed by atoms with Crippen LogP contribution in [0.3, 0.4) is 0 Å². The monoisotopic (exact) mass is 277 g/mol. The number of nitrogens with zero attached hydrogens (tertiary/aromatic N) is 2. The largest absolute Gasteiger partial charge is 0.383 e. The summed E-state index contributed by atoms with van der Waals surface area (Å²) in [6.45, 7) is 8.56. The first-order valence-electron chi connectivity index (χ1n) is 7.59. The molecule has 20 heavy (non-hydrogen) atoms. The van der Waals surface area contributed by atoms with E-state index in [0.29, 0.717) is 11.7 Å². The molecule has 0 unspecified atom stereocenters. The van der Waals surface area contributed by atoms with Crippen LogP contribution in [0.1, 0.15) is 69.5 Å². The van der Waals surface area contributed by atoms with Gasteiger partial charge in [0.05, 0.1) is 0 Å². The third-order valence-corrected chi connectivity index (χ3v) is 4.62. The summed E-state index contributed by atoms with van der Waals surface area (Å²) in [6, 6.07) is 0. The van der Waals surface area contributed by atoms with Crippen molar-refractivity contribution >= 4 is 5.82 Å². The lowest BCUT2D eigenvalue weighted by Crippen LogP contribution is -2.35. The summed E-state index contributed by atoms with van der Waals surface area (Å²) in [7, 11) is 1.77. The van der Waals surface area contributed by atoms with Crippen LogP contribution in [-0.2, 0) is 10.3 Å². The molecule has 4 heteroatoms. The number of hydrogen-bond acceptors (Lipinski definition) is 4. The first-order chi connectivity index (χ1) is 9.39. The number of nitrogens with two attached hydrogens (primary N) is 1. The van der Waals surface area contributed by atoms with Crippen LogP contribution in [0.5, 0.6) is 0 Å². The molecule has 2 N–H and O–H groups in total. The van der Waals surface area contributed by atoms with Gasteiger partial charge in [-0.15, -0.1) is 0 Å². The molecule has 0 radical (unpaired) electrons. The van der Waals surface area contributed by atoms with E-state index in [0.717, 1.165) is 48.7 Å². The Bertz CT molecular complexity index is 454. The number of aromatic nitrogens is 2. The van der Waals surface area contributed by atoms with E-state index in [1.54, 1.807) is 7.11 Å². The van der Waals surface area contributed by atoms with Gasteiger partial charge in [0.2, 0.25) is 0 Å². The highest BCUT2D eigenvalue weighted by Crippen LogP contribution is 2.41. The van der Waals surface area contributed by atoms with Gasteiger partial charge in [0, 0.05) is 18.4 Å². The van der Waals surface area contributed by atoms with Gasteiger partial charge >= 0.3 is 0 Å². The summed E-state index contributed by atoms with van der Waals surface area (Å²) in [5.74, 6) is 2.48. The van der Waals surface area contributed by atoms with Gasteiger partial charge in [0.1, 0.15) is 11.4 Å². The van der Waals surface area contributed by atoms with Crippen molar-refractivity contribution in [3.63, 3.8) is 0 Å². The zero-order valence-corrected chi connectivity index (χ0v) is 13.4. The van der Waals surface area contributed by atoms with E-state index in [4.69, 9.17) is 15.5 Å². The molecule has 0 saturated heterocycles. The number of anilines is 1. The summed E-state index contributed by atoms with van der Waals surface area (Å²) >= 11 is 0. The molecule has 1 aliphatic rings. The molecule has 0 spiro atoms. The maximum atomic E-state index is 6.16. The predicted octanol–water partition coefficient (Wildman–Crippen LogP) is 3.54. The van der Waals surface area contributed by atoms with Crippen LogP contribution in [-0.4, -0.2) is 17.1 Å². The number of ether oxygens (including phenoxy) is 1. The average molecular weight is 277 g/mol. The van der Waals surface area contributed by atoms with E-state index >= 15 is 0 Å². The molecule has 1 aromatic heterocycles. The zero-order valence-electron chi connectivity index (χ0n) is 13.4. The second kappa shape index (κ2) is 5.68. The predicted molar refractivity (Wildman–Crippen MR) is 81.6 cm³/mol. The lowest BCUT2D eigenvalue weighted by atomic mass is 9.78. The van der Waals surface area contributed by atoms with Crippen molar-refractivity contribution in [3.05, 3.63) is 17.1 Å². The molecule has 0 bridgehead atoms. The Morgan fingerprint density at radius 2 is 1.85 bits per heavy atom. The van der Waals surface area contributed by atoms with Gasteiger partial charge in [-0.3, -0.25) is 0 Å². The van der Waals surface area contributed by atoms with Gasteiger partial charge in [0.15, 0.2) is 5.82 Å². The lowest BCUT2D eigenvalue weighted by Gasteiger charge is -2.37. The number of rotatable bonds is 3. The summed E-state index contributed by atoms with van der Waals surface area (Å²) in [5, 5.41) is 0. The number of nitrogen functional groups attached to an aromatic ring is 1. The van der Waals surface area contributed by atoms with E-state index in [-0.39, 0.29) is 5.60 Å². The maximum absolute atomic E-state index is 6.16. The van der Waals surface area contributed by atoms with Crippen LogP contribution < -0.4 is 5.73 Å². The van der Waals surface area contributed by atoms with Crippen LogP contribution in [0, 0.1) is 12.8 Å². The first-order valence-corrected chi connectivity index (χ1v) is 7.59. The van der Waals surface area contributed by atoms with Gasteiger partial charge in [-0.2, -0.15) is 0 Å². The first kappa shape index (κ1) is 15.2. The second-order valence-electron chi connectivity index (χ2n) is 6.47. The van der Waals surface area contributed by atoms with Crippen molar-refractivity contribution in [2.24, 2.45) is 5.92 Å². The molecule has 4 nitrogen and oxygen atoms in total. The summed E-state index contributed by atoms with van der Waals surface area (Å²) in [4.78, 5) is 9.32. The Morgan fingerprint density at radius 3 is 2.30 bits per heavy atom. The third-order valence-electron chi connectivity index (χ3n) is 4.62. The Labute approximate surface area is 122 Å². The lowest BCUT2D eigenvalue weighted by molar-refractivity contribution is -0.0597. The minimum atomic E-state index is -0.346. The van der Waals surface area contributed by atoms with Crippen LogP contribution in [0.15, 0.2) is 0 Å². The summed E-state index contributed by atoms with van der Waals surface area (Å²) in [5.41, 5.74) is 7.86. The molecular weight excluding hydrogens is 250 g/mol. The average Bonchev–Trinajstić information content (AvgIpc) is 2.38. The molecule has 0 amide bonds. The normalized spacial score (nSPS) is 27.0. The maximum Gasteiger partial charge on any atom is 0.162 e. The van der Waals surface area contributed by atoms with Crippen LogP contribution in [0.4, 0.5) is 5.82 Å². The van der Waals surface area contributed by atoms with Crippen molar-refractivity contribution in [1.29, 1.82) is 0 Å². The van der Waals surface area contributed by atoms with Crippen LogP contribution in [0.25, 0.3) is 0 Å². The van der Waals surface area contributed by atoms with Gasteiger partial charge in [-0.05, 0) is 44.4 Å². The fraction of sp³-hybridized carbons (Fsp3) is 0.750. The van der Waals surface area contributed by atoms with E-state index in [1.807, 2.05) is 6.92 Å². The fourth-order valence-corrected chi connectivity index (χ4v) is 3.27. The quantitative estimate of drug-likeness (QED) is 0.918. The van der Waals surface area contributed by atoms with Crippen LogP contribution >= 0.6 is 0 Å². The number of hydrogen-bond donors (Lipinski definition) is 1. The highest BCUT2D eigenvalue weighted by atomic mass is 16.5. The molecule has 1 aromatic rings. The molecule has 1 aliphatic carbocycles. The van der Waals surface area contributed by atoms with Crippen molar-refractivity contribution < 1.29 is 4.74 Å². The van der Waals surface area contributed by atoms with Gasteiger partial charge < -0.3 is 10.5 Å². The van der Waals surface area contributed by atoms with E-state index in [1.165, 1.54) is 0 Å². The second-order valence-corrected chi connectivity index (χ2v) is 6.47. The van der Waals surface area contributed by atoms with Crippen LogP contribution in [0.2, 0.25) is 0 Å². The molecular formula is C16H27N3O. The Balaban J connectivity index is 2.41. The molecule has 1 heterocycles. The van der Waals surface area contributed by atoms with E-state index in [2.05, 4.69) is 25.8 Å². The number of methoxy groups -OCH3 is 1. The van der Waals surface area contributed by atoms with Crippen molar-refractivity contribution in [2.75, 3.05) is 12.8 Å². The van der Waals surface area contributed by atoms with Gasteiger partial charge in [-0.1, -0.05) is 20.8 Å². The summed E-state index contributed by atoms with van der Waals surface area (Å²) < 4.78 is 5.84. The zero-order chi connectivity index (χ0) is 14.9. The smallest absolute Gasteiger partial charge is 0.162 e. The van der Waals surface area contributed by atoms with Crippen molar-refractivity contribution in [2.45, 2.75) is 64.9 Å². The molecule has 112 valence electrons. The molecule has 1 fully saturated rings. The molecule has 1 saturated carbocycles. The Kier molecular flexibility index (Phi) is 4.33. The van der Waals surface area contributed by atoms with E-state index < -0.39 is 0 Å². The minimum Gasteiger partial charge on any atom is -0.383 e. The van der Waals surface area contributed by atoms with Gasteiger partial charge in [-0.25, -0.2) is 9.97 Å². The van der Waals surface area contributed by atoms with Crippen molar-refractivity contribution in [1.82, 2.24) is 9.97 Å². The third kappa shape index (κ3) is 2.66. The fourth-order valence-electron chi connectivity index (χ4n) is 3.27. The standard InChI is InChI=1S/C16H27N3O/c1-10(2)13-12(4)18-15(19-14(13)17)16(20-5)8-6-11(3)7-9-16/h10-11H,6-9H2,1-5H3,(H2,17,18,19). The molecule has 2 rings (SSSR count). The minimum absolute atomic E-state index is 0.342. The summed E-state index contributed by atoms with van der Waals surface area (Å²) in [6.07, 6.45) is 4.26. The molecule has 0 atom stereocenters.